The Kier molecular flexibility index (Phi) is 6.16. The van der Waals surface area contributed by atoms with E-state index in [4.69, 9.17) is 14.2 Å². The van der Waals surface area contributed by atoms with Crippen LogP contribution in [0.4, 0.5) is 0 Å². The Morgan fingerprint density at radius 1 is 1.50 bits per heavy atom. The molecule has 0 aliphatic heterocycles. The molecule has 0 atom stereocenters. The van der Waals surface area contributed by atoms with Gasteiger partial charge in [-0.15, -0.1) is 0 Å². The van der Waals surface area contributed by atoms with Crippen molar-refractivity contribution in [3.8, 4) is 0 Å². The zero-order valence-electron chi connectivity index (χ0n) is 6.29. The number of hydrogen-bond donors (Lipinski definition) is 1. The smallest absolute Gasteiger partial charge is 0.218 e. The van der Waals surface area contributed by atoms with Gasteiger partial charge in [0.25, 0.3) is 0 Å². The maximum absolute atomic E-state index is 4.80. The van der Waals surface area contributed by atoms with Gasteiger partial charge in [-0.05, 0) is 0 Å². The van der Waals surface area contributed by atoms with Gasteiger partial charge in [0.15, 0.2) is 0 Å². The quantitative estimate of drug-likeness (QED) is 0.332. The third-order valence-electron chi connectivity index (χ3n) is 0.879. The highest BCUT2D eigenvalue weighted by molar-refractivity contribution is 4.47. The third-order valence-corrected chi connectivity index (χ3v) is 0.879. The van der Waals surface area contributed by atoms with Crippen LogP contribution in [0.5, 0.6) is 0 Å². The van der Waals surface area contributed by atoms with Crippen molar-refractivity contribution in [2.45, 2.75) is 6.41 Å². The fourth-order valence-electron chi connectivity index (χ4n) is 0.438. The summed E-state index contributed by atoms with van der Waals surface area (Å²) in [6.07, 6.45) is 0.926. The molecule has 0 aliphatic carbocycles. The van der Waals surface area contributed by atoms with Gasteiger partial charge in [-0.25, -0.2) is 5.32 Å². The summed E-state index contributed by atoms with van der Waals surface area (Å²) in [4.78, 5) is 0. The fraction of sp³-hybridized carbons (Fsp3) is 0.667. The van der Waals surface area contributed by atoms with Crippen LogP contribution in [0.25, 0.3) is 0 Å². The van der Waals surface area contributed by atoms with E-state index in [1.165, 1.54) is 20.5 Å². The van der Waals surface area contributed by atoms with Gasteiger partial charge in [-0.2, -0.15) is 0 Å². The lowest BCUT2D eigenvalue weighted by Gasteiger charge is -2.13. The molecule has 0 aliphatic rings. The zero-order valence-corrected chi connectivity index (χ0v) is 6.29. The number of ether oxygens (including phenoxy) is 3. The predicted molar refractivity (Wildman–Crippen MR) is 37.1 cm³/mol. The van der Waals surface area contributed by atoms with Crippen molar-refractivity contribution in [2.24, 2.45) is 0 Å². The molecule has 0 saturated carbocycles. The average Bonchev–Trinajstić information content (AvgIpc) is 1.99. The average molecular weight is 147 g/mol. The molecule has 60 valence electrons. The monoisotopic (exact) mass is 147 g/mol. The Morgan fingerprint density at radius 3 is 2.50 bits per heavy atom. The fourth-order valence-corrected chi connectivity index (χ4v) is 0.438. The summed E-state index contributed by atoms with van der Waals surface area (Å²) in [6.45, 7) is 3.69. The van der Waals surface area contributed by atoms with Crippen LogP contribution in [-0.2, 0) is 14.2 Å². The second-order valence-corrected chi connectivity index (χ2v) is 1.49. The normalized spacial score (nSPS) is 9.90. The highest BCUT2D eigenvalue weighted by Gasteiger charge is 2.00. The van der Waals surface area contributed by atoms with Gasteiger partial charge in [0.2, 0.25) is 6.41 Å². The molecule has 0 amide bonds. The standard InChI is InChI=1S/C6H13NO3/c1-4-10-5-7-6(8-2)9-3/h4,6-7H,1,5H2,2-3H3. The van der Waals surface area contributed by atoms with Crippen LogP contribution >= 0.6 is 0 Å². The van der Waals surface area contributed by atoms with E-state index in [1.807, 2.05) is 0 Å². The van der Waals surface area contributed by atoms with Crippen molar-refractivity contribution in [1.29, 1.82) is 0 Å². The predicted octanol–water partition coefficient (Wildman–Crippen LogP) is 0.270. The van der Waals surface area contributed by atoms with Gasteiger partial charge < -0.3 is 14.2 Å². The Hall–Kier alpha value is -0.580. The summed E-state index contributed by atoms with van der Waals surface area (Å²) < 4.78 is 14.4. The Labute approximate surface area is 60.8 Å². The number of methoxy groups -OCH3 is 2. The molecule has 0 aromatic carbocycles. The van der Waals surface area contributed by atoms with Crippen molar-refractivity contribution in [3.63, 3.8) is 0 Å². The molecule has 0 spiro atoms. The van der Waals surface area contributed by atoms with Crippen LogP contribution < -0.4 is 5.32 Å². The summed E-state index contributed by atoms with van der Waals surface area (Å²) in [5.74, 6) is 0. The molecule has 0 aromatic rings. The lowest BCUT2D eigenvalue weighted by Crippen LogP contribution is -2.33. The van der Waals surface area contributed by atoms with Crippen LogP contribution in [0.15, 0.2) is 12.8 Å². The van der Waals surface area contributed by atoms with Crippen LogP contribution in [0.2, 0.25) is 0 Å². The molecule has 10 heavy (non-hydrogen) atoms. The van der Waals surface area contributed by atoms with Crippen molar-refractivity contribution >= 4 is 0 Å². The molecular weight excluding hydrogens is 134 g/mol. The number of rotatable bonds is 6. The van der Waals surface area contributed by atoms with E-state index in [1.54, 1.807) is 0 Å². The van der Waals surface area contributed by atoms with E-state index in [-0.39, 0.29) is 0 Å². The highest BCUT2D eigenvalue weighted by atomic mass is 16.7. The van der Waals surface area contributed by atoms with Gasteiger partial charge in [0.05, 0.1) is 6.26 Å². The summed E-state index contributed by atoms with van der Waals surface area (Å²) in [5, 5.41) is 2.78. The Morgan fingerprint density at radius 2 is 2.10 bits per heavy atom. The first-order chi connectivity index (χ1) is 4.85. The summed E-state index contributed by atoms with van der Waals surface area (Å²) >= 11 is 0. The Balaban J connectivity index is 3.16. The summed E-state index contributed by atoms with van der Waals surface area (Å²) in [5.41, 5.74) is 0. The van der Waals surface area contributed by atoms with Crippen molar-refractivity contribution in [1.82, 2.24) is 5.32 Å². The molecule has 0 bridgehead atoms. The maximum atomic E-state index is 4.80. The van der Waals surface area contributed by atoms with Crippen LogP contribution in [0.1, 0.15) is 0 Å². The minimum Gasteiger partial charge on any atom is -0.486 e. The van der Waals surface area contributed by atoms with Gasteiger partial charge in [0.1, 0.15) is 6.73 Å². The van der Waals surface area contributed by atoms with E-state index >= 15 is 0 Å². The van der Waals surface area contributed by atoms with Crippen molar-refractivity contribution in [3.05, 3.63) is 12.8 Å². The van der Waals surface area contributed by atoms with E-state index in [0.29, 0.717) is 6.73 Å². The van der Waals surface area contributed by atoms with E-state index in [0.717, 1.165) is 0 Å². The molecule has 4 heteroatoms. The lowest BCUT2D eigenvalue weighted by molar-refractivity contribution is -0.132. The van der Waals surface area contributed by atoms with Gasteiger partial charge in [0, 0.05) is 14.2 Å². The summed E-state index contributed by atoms with van der Waals surface area (Å²) in [6, 6.07) is 0. The second kappa shape index (κ2) is 6.54. The first-order valence-corrected chi connectivity index (χ1v) is 2.86. The zero-order chi connectivity index (χ0) is 7.82. The molecular formula is C6H13NO3. The first-order valence-electron chi connectivity index (χ1n) is 2.86. The first kappa shape index (κ1) is 9.42. The maximum Gasteiger partial charge on any atom is 0.218 e. The highest BCUT2D eigenvalue weighted by Crippen LogP contribution is 1.83. The molecule has 0 radical (unpaired) electrons. The molecule has 0 fully saturated rings. The second-order valence-electron chi connectivity index (χ2n) is 1.49. The van der Waals surface area contributed by atoms with Crippen LogP contribution in [-0.4, -0.2) is 27.4 Å². The Bertz CT molecular complexity index is 83.1. The van der Waals surface area contributed by atoms with E-state index < -0.39 is 6.41 Å². The largest absolute Gasteiger partial charge is 0.486 e. The molecule has 0 heterocycles. The van der Waals surface area contributed by atoms with Gasteiger partial charge >= 0.3 is 0 Å². The minimum atomic E-state index is -0.417. The topological polar surface area (TPSA) is 39.7 Å². The molecule has 0 saturated heterocycles. The number of hydrogen-bond acceptors (Lipinski definition) is 4. The van der Waals surface area contributed by atoms with Gasteiger partial charge in [-0.3, -0.25) is 0 Å². The SMILES string of the molecule is C=COCNC(OC)OC. The van der Waals surface area contributed by atoms with E-state index in [9.17, 15) is 0 Å². The van der Waals surface area contributed by atoms with Crippen molar-refractivity contribution in [2.75, 3.05) is 21.0 Å². The molecule has 0 unspecified atom stereocenters. The van der Waals surface area contributed by atoms with Gasteiger partial charge in [-0.1, -0.05) is 6.58 Å². The number of nitrogens with one attached hydrogen (secondary N) is 1. The third kappa shape index (κ3) is 4.31. The summed E-state index contributed by atoms with van der Waals surface area (Å²) in [7, 11) is 3.07. The lowest BCUT2D eigenvalue weighted by atomic mass is 11.0. The molecule has 4 nitrogen and oxygen atoms in total. The van der Waals surface area contributed by atoms with Crippen LogP contribution in [0, 0.1) is 0 Å². The minimum absolute atomic E-state index is 0.329. The van der Waals surface area contributed by atoms with E-state index in [2.05, 4.69) is 11.9 Å². The van der Waals surface area contributed by atoms with Crippen molar-refractivity contribution < 1.29 is 14.2 Å². The molecule has 0 aromatic heterocycles. The van der Waals surface area contributed by atoms with Crippen LogP contribution in [0.3, 0.4) is 0 Å². The molecule has 0 rings (SSSR count). The molecule has 1 N–H and O–H groups in total.